The third kappa shape index (κ3) is 4.19. The van der Waals surface area contributed by atoms with Crippen LogP contribution in [0.2, 0.25) is 0 Å². The molecule has 0 unspecified atom stereocenters. The first-order valence-electron chi connectivity index (χ1n) is 6.45. The number of alkyl halides is 3. The fourth-order valence-electron chi connectivity index (χ4n) is 1.91. The van der Waals surface area contributed by atoms with Crippen molar-refractivity contribution in [2.75, 3.05) is 11.9 Å². The third-order valence-corrected chi connectivity index (χ3v) is 3.02. The molecule has 0 radical (unpaired) electrons. The number of aliphatic hydroxyl groups is 1. The van der Waals surface area contributed by atoms with Gasteiger partial charge in [-0.05, 0) is 29.7 Å². The van der Waals surface area contributed by atoms with Crippen molar-refractivity contribution in [1.82, 2.24) is 4.98 Å². The number of halogens is 3. The zero-order chi connectivity index (χ0) is 15.3. The topological polar surface area (TPSA) is 45.1 Å². The maximum Gasteiger partial charge on any atom is 0.419 e. The van der Waals surface area contributed by atoms with E-state index in [1.807, 2.05) is 12.1 Å². The number of pyridine rings is 1. The summed E-state index contributed by atoms with van der Waals surface area (Å²) in [6.45, 7) is 0.319. The molecule has 0 atom stereocenters. The summed E-state index contributed by atoms with van der Waals surface area (Å²) < 4.78 is 38.3. The van der Waals surface area contributed by atoms with Gasteiger partial charge in [-0.1, -0.05) is 24.3 Å². The monoisotopic (exact) mass is 296 g/mol. The zero-order valence-electron chi connectivity index (χ0n) is 11.2. The van der Waals surface area contributed by atoms with Gasteiger partial charge in [0.25, 0.3) is 0 Å². The molecule has 0 aliphatic rings. The average Bonchev–Trinajstić information content (AvgIpc) is 2.47. The van der Waals surface area contributed by atoms with Crippen molar-refractivity contribution < 1.29 is 18.3 Å². The molecule has 2 aromatic rings. The van der Waals surface area contributed by atoms with Crippen molar-refractivity contribution in [3.8, 4) is 0 Å². The van der Waals surface area contributed by atoms with E-state index in [4.69, 9.17) is 5.11 Å². The van der Waals surface area contributed by atoms with Crippen molar-refractivity contribution in [2.24, 2.45) is 0 Å². The molecule has 1 aromatic carbocycles. The molecule has 0 spiro atoms. The Balaban J connectivity index is 1.97. The molecular weight excluding hydrogens is 281 g/mol. The van der Waals surface area contributed by atoms with Crippen LogP contribution < -0.4 is 5.32 Å². The van der Waals surface area contributed by atoms with E-state index >= 15 is 0 Å². The Hall–Kier alpha value is -2.08. The molecule has 0 bridgehead atoms. The third-order valence-electron chi connectivity index (χ3n) is 3.02. The predicted molar refractivity (Wildman–Crippen MR) is 73.8 cm³/mol. The highest BCUT2D eigenvalue weighted by Crippen LogP contribution is 2.33. The van der Waals surface area contributed by atoms with E-state index in [-0.39, 0.29) is 12.4 Å². The molecule has 1 heterocycles. The first-order valence-corrected chi connectivity index (χ1v) is 6.45. The van der Waals surface area contributed by atoms with Gasteiger partial charge in [-0.3, -0.25) is 0 Å². The Bertz CT molecular complexity index is 582. The number of nitrogens with zero attached hydrogens (tertiary/aromatic N) is 1. The normalized spacial score (nSPS) is 11.4. The van der Waals surface area contributed by atoms with Gasteiger partial charge in [0.1, 0.15) is 5.82 Å². The lowest BCUT2D eigenvalue weighted by Crippen LogP contribution is -2.14. The molecule has 6 heteroatoms. The maximum absolute atomic E-state index is 12.8. The van der Waals surface area contributed by atoms with Gasteiger partial charge >= 0.3 is 6.18 Å². The van der Waals surface area contributed by atoms with Crippen LogP contribution in [0.3, 0.4) is 0 Å². The molecule has 0 fully saturated rings. The summed E-state index contributed by atoms with van der Waals surface area (Å²) in [6.07, 6.45) is -2.52. The van der Waals surface area contributed by atoms with Gasteiger partial charge in [-0.15, -0.1) is 0 Å². The lowest BCUT2D eigenvalue weighted by Gasteiger charge is -2.13. The van der Waals surface area contributed by atoms with E-state index in [2.05, 4.69) is 10.3 Å². The molecule has 0 aliphatic heterocycles. The lowest BCUT2D eigenvalue weighted by molar-refractivity contribution is -0.137. The number of hydrogen-bond acceptors (Lipinski definition) is 3. The number of rotatable bonds is 5. The average molecular weight is 296 g/mol. The summed E-state index contributed by atoms with van der Waals surface area (Å²) >= 11 is 0. The molecular formula is C15H15F3N2O. The molecule has 1 aromatic heterocycles. The van der Waals surface area contributed by atoms with Crippen LogP contribution in [0, 0.1) is 0 Å². The fraction of sp³-hybridized carbons (Fsp3) is 0.267. The number of hydrogen-bond donors (Lipinski definition) is 2. The Morgan fingerprint density at radius 3 is 2.33 bits per heavy atom. The molecule has 112 valence electrons. The highest BCUT2D eigenvalue weighted by molar-refractivity contribution is 5.45. The molecule has 3 nitrogen and oxygen atoms in total. The summed E-state index contributed by atoms with van der Waals surface area (Å²) in [7, 11) is 0. The van der Waals surface area contributed by atoms with Crippen LogP contribution in [0.15, 0.2) is 42.6 Å². The smallest absolute Gasteiger partial charge is 0.392 e. The minimum Gasteiger partial charge on any atom is -0.392 e. The fourth-order valence-corrected chi connectivity index (χ4v) is 1.91. The largest absolute Gasteiger partial charge is 0.419 e. The van der Waals surface area contributed by atoms with Gasteiger partial charge in [-0.25, -0.2) is 4.98 Å². The number of aromatic nitrogens is 1. The van der Waals surface area contributed by atoms with Crippen molar-refractivity contribution in [1.29, 1.82) is 0 Å². The number of nitrogens with one attached hydrogen (secondary N) is 1. The summed E-state index contributed by atoms with van der Waals surface area (Å²) in [5.74, 6) is -0.156. The number of anilines is 1. The Labute approximate surface area is 120 Å². The maximum atomic E-state index is 12.8. The summed E-state index contributed by atoms with van der Waals surface area (Å²) in [5.41, 5.74) is 1.01. The molecule has 0 amide bonds. The van der Waals surface area contributed by atoms with E-state index in [1.54, 1.807) is 12.1 Å². The molecule has 0 saturated heterocycles. The van der Waals surface area contributed by atoms with Crippen LogP contribution in [0.25, 0.3) is 0 Å². The Kier molecular flexibility index (Phi) is 4.80. The van der Waals surface area contributed by atoms with Gasteiger partial charge in [0, 0.05) is 12.7 Å². The van der Waals surface area contributed by atoms with E-state index in [0.717, 1.165) is 17.2 Å². The van der Waals surface area contributed by atoms with Gasteiger partial charge < -0.3 is 10.4 Å². The predicted octanol–water partition coefficient (Wildman–Crippen LogP) is 3.25. The molecule has 0 saturated carbocycles. The lowest BCUT2D eigenvalue weighted by atomic mass is 10.1. The molecule has 0 aliphatic carbocycles. The number of aliphatic hydroxyl groups excluding tert-OH is 1. The second-order valence-electron chi connectivity index (χ2n) is 4.55. The molecule has 2 rings (SSSR count). The van der Waals surface area contributed by atoms with Crippen molar-refractivity contribution >= 4 is 5.82 Å². The standard InChI is InChI=1S/C15H15F3N2O/c16-15(17,18)13-2-1-8-19-14(13)20-9-7-11-3-5-12(10-21)6-4-11/h1-6,8,21H,7,9-10H2,(H,19,20). The van der Waals surface area contributed by atoms with Crippen LogP contribution >= 0.6 is 0 Å². The SMILES string of the molecule is OCc1ccc(CCNc2ncccc2C(F)(F)F)cc1. The van der Waals surface area contributed by atoms with E-state index < -0.39 is 11.7 Å². The van der Waals surface area contributed by atoms with Crippen LogP contribution in [-0.4, -0.2) is 16.6 Å². The summed E-state index contributed by atoms with van der Waals surface area (Å²) in [4.78, 5) is 3.74. The zero-order valence-corrected chi connectivity index (χ0v) is 11.2. The highest BCUT2D eigenvalue weighted by atomic mass is 19.4. The van der Waals surface area contributed by atoms with Crippen LogP contribution in [0.5, 0.6) is 0 Å². The van der Waals surface area contributed by atoms with Crippen LogP contribution in [-0.2, 0) is 19.2 Å². The van der Waals surface area contributed by atoms with Gasteiger partial charge in [-0.2, -0.15) is 13.2 Å². The van der Waals surface area contributed by atoms with E-state index in [9.17, 15) is 13.2 Å². The second-order valence-corrected chi connectivity index (χ2v) is 4.55. The Morgan fingerprint density at radius 2 is 1.71 bits per heavy atom. The van der Waals surface area contributed by atoms with Crippen molar-refractivity contribution in [3.05, 3.63) is 59.3 Å². The summed E-state index contributed by atoms with van der Waals surface area (Å²) in [5, 5.41) is 11.6. The van der Waals surface area contributed by atoms with Gasteiger partial charge in [0.05, 0.1) is 12.2 Å². The molecule has 2 N–H and O–H groups in total. The first kappa shape index (κ1) is 15.3. The minimum atomic E-state index is -4.42. The Morgan fingerprint density at radius 1 is 1.05 bits per heavy atom. The van der Waals surface area contributed by atoms with Crippen LogP contribution in [0.1, 0.15) is 16.7 Å². The molecule has 21 heavy (non-hydrogen) atoms. The first-order chi connectivity index (χ1) is 10.0. The second kappa shape index (κ2) is 6.58. The minimum absolute atomic E-state index is 0.0264. The van der Waals surface area contributed by atoms with E-state index in [1.165, 1.54) is 12.3 Å². The van der Waals surface area contributed by atoms with Gasteiger partial charge in [0.15, 0.2) is 0 Å². The van der Waals surface area contributed by atoms with Crippen LogP contribution in [0.4, 0.5) is 19.0 Å². The quantitative estimate of drug-likeness (QED) is 0.890. The summed E-state index contributed by atoms with van der Waals surface area (Å²) in [6, 6.07) is 9.54. The van der Waals surface area contributed by atoms with Crippen molar-refractivity contribution in [3.63, 3.8) is 0 Å². The highest BCUT2D eigenvalue weighted by Gasteiger charge is 2.33. The van der Waals surface area contributed by atoms with Gasteiger partial charge in [0.2, 0.25) is 0 Å². The van der Waals surface area contributed by atoms with E-state index in [0.29, 0.717) is 13.0 Å². The van der Waals surface area contributed by atoms with Crippen molar-refractivity contribution in [2.45, 2.75) is 19.2 Å². The number of benzene rings is 1.